The molecule has 0 fully saturated rings. The van der Waals surface area contributed by atoms with Crippen molar-refractivity contribution in [1.82, 2.24) is 9.97 Å². The molecular weight excluding hydrogens is 166 g/mol. The monoisotopic (exact) mass is 175 g/mol. The summed E-state index contributed by atoms with van der Waals surface area (Å²) in [5, 5.41) is 0. The average Bonchev–Trinajstić information content (AvgIpc) is 2.03. The van der Waals surface area contributed by atoms with Gasteiger partial charge >= 0.3 is 0 Å². The van der Waals surface area contributed by atoms with Crippen LogP contribution in [0.5, 0.6) is 5.75 Å². The predicted octanol–water partition coefficient (Wildman–Crippen LogP) is 0.236. The van der Waals surface area contributed by atoms with Crippen molar-refractivity contribution in [2.75, 3.05) is 13.2 Å². The van der Waals surface area contributed by atoms with Gasteiger partial charge < -0.3 is 10.5 Å². The Labute approximate surface area is 71.2 Å². The van der Waals surface area contributed by atoms with Gasteiger partial charge in [-0.1, -0.05) is 0 Å². The van der Waals surface area contributed by atoms with E-state index in [2.05, 4.69) is 9.97 Å². The van der Waals surface area contributed by atoms with E-state index < -0.39 is 0 Å². The van der Waals surface area contributed by atoms with Gasteiger partial charge in [-0.15, -0.1) is 12.4 Å². The lowest BCUT2D eigenvalue weighted by atomic mass is 10.6. The van der Waals surface area contributed by atoms with E-state index in [1.165, 1.54) is 6.33 Å². The Morgan fingerprint density at radius 1 is 1.36 bits per heavy atom. The normalized spacial score (nSPS) is 8.45. The molecule has 4 nitrogen and oxygen atoms in total. The molecule has 0 spiro atoms. The van der Waals surface area contributed by atoms with E-state index in [1.807, 2.05) is 0 Å². The summed E-state index contributed by atoms with van der Waals surface area (Å²) < 4.78 is 5.11. The molecule has 2 N–H and O–H groups in total. The first-order valence-corrected chi connectivity index (χ1v) is 3.01. The maximum Gasteiger partial charge on any atom is 0.155 e. The molecule has 0 saturated heterocycles. The fourth-order valence-electron chi connectivity index (χ4n) is 0.537. The number of halogens is 1. The molecule has 0 aliphatic carbocycles. The van der Waals surface area contributed by atoms with Gasteiger partial charge in [-0.3, -0.25) is 0 Å². The predicted molar refractivity (Wildman–Crippen MR) is 43.8 cm³/mol. The Hall–Kier alpha value is -0.870. The van der Waals surface area contributed by atoms with E-state index in [0.717, 1.165) is 0 Å². The molecule has 1 aromatic heterocycles. The van der Waals surface area contributed by atoms with Gasteiger partial charge in [0, 0.05) is 6.54 Å². The summed E-state index contributed by atoms with van der Waals surface area (Å²) in [6.07, 6.45) is 4.65. The molecular formula is C6H10ClN3O. The molecule has 0 saturated carbocycles. The van der Waals surface area contributed by atoms with Gasteiger partial charge in [-0.25, -0.2) is 9.97 Å². The molecule has 0 aliphatic heterocycles. The quantitative estimate of drug-likeness (QED) is 0.715. The van der Waals surface area contributed by atoms with E-state index >= 15 is 0 Å². The zero-order valence-corrected chi connectivity index (χ0v) is 6.75. The molecule has 1 rings (SSSR count). The van der Waals surface area contributed by atoms with Crippen molar-refractivity contribution < 1.29 is 4.74 Å². The van der Waals surface area contributed by atoms with Crippen LogP contribution in [0, 0.1) is 0 Å². The topological polar surface area (TPSA) is 61.0 Å². The number of hydrogen-bond donors (Lipinski definition) is 1. The number of aromatic nitrogens is 2. The van der Waals surface area contributed by atoms with Crippen LogP contribution in [-0.2, 0) is 0 Å². The number of ether oxygens (including phenoxy) is 1. The second-order valence-corrected chi connectivity index (χ2v) is 1.71. The van der Waals surface area contributed by atoms with Crippen LogP contribution in [-0.4, -0.2) is 23.1 Å². The summed E-state index contributed by atoms with van der Waals surface area (Å²) in [5.41, 5.74) is 5.21. The number of rotatable bonds is 3. The van der Waals surface area contributed by atoms with Gasteiger partial charge in [0.2, 0.25) is 0 Å². The fourth-order valence-corrected chi connectivity index (χ4v) is 0.537. The minimum Gasteiger partial charge on any atom is -0.489 e. The van der Waals surface area contributed by atoms with Crippen molar-refractivity contribution in [2.45, 2.75) is 0 Å². The highest BCUT2D eigenvalue weighted by molar-refractivity contribution is 5.85. The summed E-state index contributed by atoms with van der Waals surface area (Å²) in [4.78, 5) is 7.52. The lowest BCUT2D eigenvalue weighted by molar-refractivity contribution is 0.325. The highest BCUT2D eigenvalue weighted by atomic mass is 35.5. The number of nitrogens with two attached hydrogens (primary N) is 1. The highest BCUT2D eigenvalue weighted by Gasteiger charge is 1.88. The van der Waals surface area contributed by atoms with Crippen LogP contribution < -0.4 is 10.5 Å². The SMILES string of the molecule is Cl.NCCOc1cncnc1. The van der Waals surface area contributed by atoms with E-state index in [1.54, 1.807) is 12.4 Å². The van der Waals surface area contributed by atoms with E-state index in [-0.39, 0.29) is 12.4 Å². The smallest absolute Gasteiger partial charge is 0.155 e. The van der Waals surface area contributed by atoms with Crippen LogP contribution in [0.15, 0.2) is 18.7 Å². The van der Waals surface area contributed by atoms with Crippen LogP contribution in [0.4, 0.5) is 0 Å². The Morgan fingerprint density at radius 3 is 2.55 bits per heavy atom. The zero-order valence-electron chi connectivity index (χ0n) is 5.93. The van der Waals surface area contributed by atoms with Crippen LogP contribution in [0.2, 0.25) is 0 Å². The summed E-state index contributed by atoms with van der Waals surface area (Å²) in [5.74, 6) is 0.660. The van der Waals surface area contributed by atoms with Gasteiger partial charge in [0.1, 0.15) is 12.9 Å². The largest absolute Gasteiger partial charge is 0.489 e. The van der Waals surface area contributed by atoms with Crippen LogP contribution >= 0.6 is 12.4 Å². The van der Waals surface area contributed by atoms with Gasteiger partial charge in [0.05, 0.1) is 12.4 Å². The van der Waals surface area contributed by atoms with Crippen molar-refractivity contribution in [3.05, 3.63) is 18.7 Å². The molecule has 62 valence electrons. The molecule has 0 bridgehead atoms. The minimum atomic E-state index is 0. The van der Waals surface area contributed by atoms with Crippen molar-refractivity contribution in [3.8, 4) is 5.75 Å². The molecule has 0 aromatic carbocycles. The molecule has 5 heteroatoms. The van der Waals surface area contributed by atoms with Crippen molar-refractivity contribution >= 4 is 12.4 Å². The molecule has 0 atom stereocenters. The molecule has 0 radical (unpaired) electrons. The summed E-state index contributed by atoms with van der Waals surface area (Å²) in [6.45, 7) is 1.02. The lowest BCUT2D eigenvalue weighted by Crippen LogP contribution is -2.10. The summed E-state index contributed by atoms with van der Waals surface area (Å²) in [7, 11) is 0. The standard InChI is InChI=1S/C6H9N3O.ClH/c7-1-2-10-6-3-8-5-9-4-6;/h3-5H,1-2,7H2;1H. The van der Waals surface area contributed by atoms with Crippen molar-refractivity contribution in [3.63, 3.8) is 0 Å². The van der Waals surface area contributed by atoms with Crippen LogP contribution in [0.3, 0.4) is 0 Å². The van der Waals surface area contributed by atoms with E-state index in [4.69, 9.17) is 10.5 Å². The first kappa shape index (κ1) is 10.1. The third kappa shape index (κ3) is 3.75. The van der Waals surface area contributed by atoms with Crippen LogP contribution in [0.25, 0.3) is 0 Å². The fraction of sp³-hybridized carbons (Fsp3) is 0.333. The van der Waals surface area contributed by atoms with Gasteiger partial charge in [-0.2, -0.15) is 0 Å². The average molecular weight is 176 g/mol. The maximum atomic E-state index is 5.21. The molecule has 0 amide bonds. The maximum absolute atomic E-state index is 5.21. The first-order chi connectivity index (χ1) is 4.93. The first-order valence-electron chi connectivity index (χ1n) is 3.01. The highest BCUT2D eigenvalue weighted by Crippen LogP contribution is 2.02. The third-order valence-electron chi connectivity index (χ3n) is 0.923. The molecule has 11 heavy (non-hydrogen) atoms. The second-order valence-electron chi connectivity index (χ2n) is 1.71. The van der Waals surface area contributed by atoms with E-state index in [9.17, 15) is 0 Å². The molecule has 0 aliphatic rings. The van der Waals surface area contributed by atoms with Crippen molar-refractivity contribution in [1.29, 1.82) is 0 Å². The summed E-state index contributed by atoms with van der Waals surface area (Å²) >= 11 is 0. The Balaban J connectivity index is 0.000001000. The van der Waals surface area contributed by atoms with Crippen molar-refractivity contribution in [2.24, 2.45) is 5.73 Å². The third-order valence-corrected chi connectivity index (χ3v) is 0.923. The zero-order chi connectivity index (χ0) is 7.23. The van der Waals surface area contributed by atoms with Gasteiger partial charge in [0.25, 0.3) is 0 Å². The van der Waals surface area contributed by atoms with Gasteiger partial charge in [0.15, 0.2) is 5.75 Å². The lowest BCUT2D eigenvalue weighted by Gasteiger charge is -2.00. The van der Waals surface area contributed by atoms with Crippen LogP contribution in [0.1, 0.15) is 0 Å². The number of nitrogens with zero attached hydrogens (tertiary/aromatic N) is 2. The second kappa shape index (κ2) is 5.88. The minimum absolute atomic E-state index is 0. The van der Waals surface area contributed by atoms with Gasteiger partial charge in [-0.05, 0) is 0 Å². The molecule has 0 unspecified atom stereocenters. The Kier molecular flexibility index (Phi) is 5.42. The molecule has 1 aromatic rings. The summed E-state index contributed by atoms with van der Waals surface area (Å²) in [6, 6.07) is 0. The molecule has 1 heterocycles. The Morgan fingerprint density at radius 2 is 2.00 bits per heavy atom. The number of hydrogen-bond acceptors (Lipinski definition) is 4. The van der Waals surface area contributed by atoms with E-state index in [0.29, 0.717) is 18.9 Å². The Bertz CT molecular complexity index is 182.